The molecule has 0 saturated carbocycles. The summed E-state index contributed by atoms with van der Waals surface area (Å²) in [4.78, 5) is 6.51. The van der Waals surface area contributed by atoms with Crippen molar-refractivity contribution in [2.45, 2.75) is 19.8 Å². The Morgan fingerprint density at radius 1 is 1.53 bits per heavy atom. The molecule has 4 nitrogen and oxygen atoms in total. The van der Waals surface area contributed by atoms with E-state index in [-0.39, 0.29) is 0 Å². The average molecular weight is 279 g/mol. The third-order valence-corrected chi connectivity index (χ3v) is 3.96. The fourth-order valence-electron chi connectivity index (χ4n) is 2.44. The van der Waals surface area contributed by atoms with Gasteiger partial charge in [-0.1, -0.05) is 18.5 Å². The molecular formula is C14H19ClN4. The molecular weight excluding hydrogens is 260 g/mol. The van der Waals surface area contributed by atoms with E-state index in [2.05, 4.69) is 28.2 Å². The average Bonchev–Trinajstić information content (AvgIpc) is 2.46. The number of piperidine rings is 1. The van der Waals surface area contributed by atoms with Gasteiger partial charge in [0, 0.05) is 19.3 Å². The number of pyridine rings is 1. The second kappa shape index (κ2) is 6.74. The highest BCUT2D eigenvalue weighted by Crippen LogP contribution is 2.29. The zero-order chi connectivity index (χ0) is 13.7. The van der Waals surface area contributed by atoms with Crippen molar-refractivity contribution in [3.05, 3.63) is 22.8 Å². The van der Waals surface area contributed by atoms with Crippen LogP contribution in [0, 0.1) is 17.2 Å². The van der Waals surface area contributed by atoms with Gasteiger partial charge in [0.05, 0.1) is 5.56 Å². The highest BCUT2D eigenvalue weighted by Gasteiger charge is 2.22. The lowest BCUT2D eigenvalue weighted by atomic mass is 9.96. The van der Waals surface area contributed by atoms with Crippen LogP contribution in [0.2, 0.25) is 5.02 Å². The first kappa shape index (κ1) is 14.1. The minimum absolute atomic E-state index is 0.482. The molecule has 1 aliphatic rings. The van der Waals surface area contributed by atoms with Gasteiger partial charge < -0.3 is 10.2 Å². The Labute approximate surface area is 119 Å². The van der Waals surface area contributed by atoms with Crippen LogP contribution in [0.3, 0.4) is 0 Å². The van der Waals surface area contributed by atoms with Gasteiger partial charge >= 0.3 is 0 Å². The summed E-state index contributed by atoms with van der Waals surface area (Å²) in [7, 11) is 0. The monoisotopic (exact) mass is 278 g/mol. The van der Waals surface area contributed by atoms with E-state index in [0.717, 1.165) is 50.8 Å². The van der Waals surface area contributed by atoms with E-state index in [1.807, 2.05) is 0 Å². The predicted molar refractivity (Wildman–Crippen MR) is 77.4 cm³/mol. The lowest BCUT2D eigenvalue weighted by Gasteiger charge is -2.33. The Balaban J connectivity index is 2.00. The summed E-state index contributed by atoms with van der Waals surface area (Å²) in [5.74, 6) is 1.48. The van der Waals surface area contributed by atoms with Crippen molar-refractivity contribution in [2.24, 2.45) is 5.92 Å². The molecule has 0 aliphatic carbocycles. The molecule has 0 radical (unpaired) electrons. The largest absolute Gasteiger partial charge is 0.355 e. The molecule has 0 spiro atoms. The molecule has 5 heteroatoms. The van der Waals surface area contributed by atoms with E-state index in [1.54, 1.807) is 12.3 Å². The molecule has 1 aromatic rings. The molecule has 0 aromatic carbocycles. The molecule has 102 valence electrons. The Morgan fingerprint density at radius 2 is 2.26 bits per heavy atom. The summed E-state index contributed by atoms with van der Waals surface area (Å²) < 4.78 is 0. The van der Waals surface area contributed by atoms with Gasteiger partial charge in [0.15, 0.2) is 0 Å². The lowest BCUT2D eigenvalue weighted by Crippen LogP contribution is -2.37. The predicted octanol–water partition coefficient (Wildman–Crippen LogP) is 2.43. The molecule has 1 aliphatic heterocycles. The number of nitrogens with one attached hydrogen (secondary N) is 1. The molecule has 1 fully saturated rings. The Morgan fingerprint density at radius 3 is 2.89 bits per heavy atom. The van der Waals surface area contributed by atoms with Gasteiger partial charge in [-0.25, -0.2) is 4.98 Å². The number of hydrogen-bond acceptors (Lipinski definition) is 4. The van der Waals surface area contributed by atoms with Crippen LogP contribution in [-0.4, -0.2) is 31.2 Å². The zero-order valence-electron chi connectivity index (χ0n) is 11.2. The standard InChI is InChI=1S/C14H19ClN4/c1-2-17-10-11-4-7-19(8-5-11)14-13(15)12(9-16)3-6-18-14/h3,6,11,17H,2,4-5,7-8,10H2,1H3. The SMILES string of the molecule is CCNCC1CCN(c2nccc(C#N)c2Cl)CC1. The number of hydrogen-bond donors (Lipinski definition) is 1. The third kappa shape index (κ3) is 3.37. The van der Waals surface area contributed by atoms with Crippen molar-refractivity contribution < 1.29 is 0 Å². The second-order valence-corrected chi connectivity index (χ2v) is 5.22. The number of halogens is 1. The summed E-state index contributed by atoms with van der Waals surface area (Å²) in [6, 6.07) is 3.76. The van der Waals surface area contributed by atoms with Gasteiger partial charge in [0.1, 0.15) is 16.9 Å². The molecule has 1 aromatic heterocycles. The summed E-state index contributed by atoms with van der Waals surface area (Å²) in [6.45, 7) is 6.16. The van der Waals surface area contributed by atoms with E-state index in [0.29, 0.717) is 10.6 Å². The molecule has 2 heterocycles. The van der Waals surface area contributed by atoms with Crippen molar-refractivity contribution in [1.29, 1.82) is 5.26 Å². The Kier molecular flexibility index (Phi) is 5.00. The van der Waals surface area contributed by atoms with Crippen LogP contribution in [-0.2, 0) is 0 Å². The number of aromatic nitrogens is 1. The van der Waals surface area contributed by atoms with E-state index in [4.69, 9.17) is 16.9 Å². The number of rotatable bonds is 4. The maximum atomic E-state index is 8.99. The van der Waals surface area contributed by atoms with Gasteiger partial charge in [-0.3, -0.25) is 0 Å². The normalized spacial score (nSPS) is 16.4. The van der Waals surface area contributed by atoms with Crippen molar-refractivity contribution in [2.75, 3.05) is 31.1 Å². The van der Waals surface area contributed by atoms with Gasteiger partial charge in [0.25, 0.3) is 0 Å². The van der Waals surface area contributed by atoms with Crippen LogP contribution in [0.25, 0.3) is 0 Å². The lowest BCUT2D eigenvalue weighted by molar-refractivity contribution is 0.385. The summed E-state index contributed by atoms with van der Waals surface area (Å²) in [5, 5.41) is 12.9. The van der Waals surface area contributed by atoms with Crippen LogP contribution in [0.15, 0.2) is 12.3 Å². The zero-order valence-corrected chi connectivity index (χ0v) is 12.0. The van der Waals surface area contributed by atoms with E-state index >= 15 is 0 Å². The fourth-order valence-corrected chi connectivity index (χ4v) is 2.71. The fraction of sp³-hybridized carbons (Fsp3) is 0.571. The quantitative estimate of drug-likeness (QED) is 0.919. The van der Waals surface area contributed by atoms with E-state index < -0.39 is 0 Å². The highest BCUT2D eigenvalue weighted by molar-refractivity contribution is 6.34. The molecule has 0 amide bonds. The van der Waals surface area contributed by atoms with Crippen LogP contribution in [0.1, 0.15) is 25.3 Å². The third-order valence-electron chi connectivity index (χ3n) is 3.59. The molecule has 1 N–H and O–H groups in total. The second-order valence-electron chi connectivity index (χ2n) is 4.85. The molecule has 0 bridgehead atoms. The number of anilines is 1. The number of nitrogens with zero attached hydrogens (tertiary/aromatic N) is 3. The van der Waals surface area contributed by atoms with Crippen molar-refractivity contribution >= 4 is 17.4 Å². The smallest absolute Gasteiger partial charge is 0.148 e. The van der Waals surface area contributed by atoms with Gasteiger partial charge in [-0.05, 0) is 37.9 Å². The van der Waals surface area contributed by atoms with Crippen LogP contribution in [0.4, 0.5) is 5.82 Å². The van der Waals surface area contributed by atoms with Crippen molar-refractivity contribution in [1.82, 2.24) is 10.3 Å². The number of nitriles is 1. The first-order valence-electron chi connectivity index (χ1n) is 6.76. The molecule has 0 unspecified atom stereocenters. The summed E-state index contributed by atoms with van der Waals surface area (Å²) in [6.07, 6.45) is 3.94. The maximum absolute atomic E-state index is 8.99. The first-order valence-corrected chi connectivity index (χ1v) is 7.14. The first-order chi connectivity index (χ1) is 9.26. The highest BCUT2D eigenvalue weighted by atomic mass is 35.5. The summed E-state index contributed by atoms with van der Waals surface area (Å²) in [5.41, 5.74) is 0.501. The minimum Gasteiger partial charge on any atom is -0.355 e. The van der Waals surface area contributed by atoms with Gasteiger partial charge in [-0.15, -0.1) is 0 Å². The Bertz CT molecular complexity index is 461. The summed E-state index contributed by atoms with van der Waals surface area (Å²) >= 11 is 6.22. The van der Waals surface area contributed by atoms with Gasteiger partial charge in [-0.2, -0.15) is 5.26 Å². The molecule has 1 saturated heterocycles. The molecule has 2 rings (SSSR count). The topological polar surface area (TPSA) is 52.0 Å². The van der Waals surface area contributed by atoms with Gasteiger partial charge in [0.2, 0.25) is 0 Å². The van der Waals surface area contributed by atoms with Crippen LogP contribution in [0.5, 0.6) is 0 Å². The van der Waals surface area contributed by atoms with Crippen LogP contribution >= 0.6 is 11.6 Å². The minimum atomic E-state index is 0.482. The van der Waals surface area contributed by atoms with Crippen molar-refractivity contribution in [3.8, 4) is 6.07 Å². The molecule has 19 heavy (non-hydrogen) atoms. The maximum Gasteiger partial charge on any atom is 0.148 e. The van der Waals surface area contributed by atoms with Crippen LogP contribution < -0.4 is 10.2 Å². The van der Waals surface area contributed by atoms with E-state index in [1.165, 1.54) is 0 Å². The molecule has 0 atom stereocenters. The van der Waals surface area contributed by atoms with Crippen molar-refractivity contribution in [3.63, 3.8) is 0 Å². The van der Waals surface area contributed by atoms with E-state index in [9.17, 15) is 0 Å². The Hall–Kier alpha value is -1.31.